The van der Waals surface area contributed by atoms with E-state index in [1.807, 2.05) is 12.1 Å². The van der Waals surface area contributed by atoms with Crippen LogP contribution in [0.15, 0.2) is 85.1 Å². The molecule has 0 N–H and O–H groups in total. The summed E-state index contributed by atoms with van der Waals surface area (Å²) in [7, 11) is 0. The minimum atomic E-state index is -4.37. The molecule has 30 heavy (non-hydrogen) atoms. The Labute approximate surface area is 169 Å². The maximum Gasteiger partial charge on any atom is 0.416 e. The molecule has 1 heterocycles. The van der Waals surface area contributed by atoms with Crippen molar-refractivity contribution in [2.75, 3.05) is 0 Å². The Morgan fingerprint density at radius 3 is 1.50 bits per heavy atom. The van der Waals surface area contributed by atoms with Crippen molar-refractivity contribution in [3.05, 3.63) is 102 Å². The van der Waals surface area contributed by atoms with Gasteiger partial charge in [-0.1, -0.05) is 48.5 Å². The van der Waals surface area contributed by atoms with Gasteiger partial charge in [0.25, 0.3) is 0 Å². The van der Waals surface area contributed by atoms with Crippen molar-refractivity contribution in [2.24, 2.45) is 0 Å². The van der Waals surface area contributed by atoms with Gasteiger partial charge in [-0.05, 0) is 47.0 Å². The Morgan fingerprint density at radius 2 is 1.03 bits per heavy atom. The van der Waals surface area contributed by atoms with E-state index in [0.29, 0.717) is 5.56 Å². The van der Waals surface area contributed by atoms with Gasteiger partial charge in [0, 0.05) is 11.8 Å². The molecule has 0 aliphatic heterocycles. The lowest BCUT2D eigenvalue weighted by atomic mass is 10.00. The van der Waals surface area contributed by atoms with E-state index in [4.69, 9.17) is 0 Å². The van der Waals surface area contributed by atoms with Crippen molar-refractivity contribution in [3.8, 4) is 33.5 Å². The lowest BCUT2D eigenvalue weighted by molar-refractivity contribution is -0.137. The number of hydrogen-bond acceptors (Lipinski definition) is 1. The zero-order chi connectivity index (χ0) is 21.3. The molecule has 1 nitrogen and oxygen atoms in total. The van der Waals surface area contributed by atoms with Crippen LogP contribution in [-0.4, -0.2) is 4.98 Å². The predicted molar refractivity (Wildman–Crippen MR) is 105 cm³/mol. The maximum absolute atomic E-state index is 13.9. The second kappa shape index (κ2) is 7.71. The Bertz CT molecular complexity index is 1140. The summed E-state index contributed by atoms with van der Waals surface area (Å²) >= 11 is 0. The highest BCUT2D eigenvalue weighted by molar-refractivity contribution is 5.71. The number of pyridine rings is 1. The van der Waals surface area contributed by atoms with Crippen LogP contribution in [-0.2, 0) is 6.18 Å². The molecule has 0 radical (unpaired) electrons. The summed E-state index contributed by atoms with van der Waals surface area (Å²) < 4.78 is 65.9. The first-order valence-corrected chi connectivity index (χ1v) is 9.01. The molecule has 0 saturated carbocycles. The van der Waals surface area contributed by atoms with Gasteiger partial charge in [0.1, 0.15) is 11.6 Å². The minimum Gasteiger partial charge on any atom is -0.255 e. The van der Waals surface area contributed by atoms with E-state index >= 15 is 0 Å². The zero-order valence-corrected chi connectivity index (χ0v) is 15.4. The second-order valence-electron chi connectivity index (χ2n) is 6.68. The van der Waals surface area contributed by atoms with Gasteiger partial charge in [-0.15, -0.1) is 0 Å². The first-order chi connectivity index (χ1) is 14.3. The van der Waals surface area contributed by atoms with Crippen molar-refractivity contribution in [1.29, 1.82) is 0 Å². The van der Waals surface area contributed by atoms with Crippen LogP contribution in [0.5, 0.6) is 0 Å². The van der Waals surface area contributed by atoms with Crippen LogP contribution >= 0.6 is 0 Å². The summed E-state index contributed by atoms with van der Waals surface area (Å²) in [5.74, 6) is -1.37. The van der Waals surface area contributed by atoms with Crippen molar-refractivity contribution < 1.29 is 22.0 Å². The van der Waals surface area contributed by atoms with Crippen molar-refractivity contribution in [1.82, 2.24) is 4.98 Å². The SMILES string of the molecule is Fc1cccc(F)c1-c1ccc(-c2ccc(-c3ccc(C(F)(F)F)cc3)cc2)cn1. The number of aromatic nitrogens is 1. The van der Waals surface area contributed by atoms with Gasteiger partial charge in [0.05, 0.1) is 16.8 Å². The Kier molecular flexibility index (Phi) is 5.08. The molecule has 4 aromatic rings. The van der Waals surface area contributed by atoms with Crippen LogP contribution in [0.3, 0.4) is 0 Å². The van der Waals surface area contributed by atoms with E-state index in [9.17, 15) is 22.0 Å². The Hall–Kier alpha value is -3.54. The molecule has 0 fully saturated rings. The monoisotopic (exact) mass is 411 g/mol. The molecule has 4 rings (SSSR count). The van der Waals surface area contributed by atoms with Gasteiger partial charge in [-0.2, -0.15) is 13.2 Å². The van der Waals surface area contributed by atoms with E-state index in [1.165, 1.54) is 36.5 Å². The first-order valence-electron chi connectivity index (χ1n) is 9.01. The molecule has 0 aliphatic carbocycles. The minimum absolute atomic E-state index is 0.179. The highest BCUT2D eigenvalue weighted by Gasteiger charge is 2.29. The molecule has 0 bridgehead atoms. The molecular weight excluding hydrogens is 397 g/mol. The molecule has 150 valence electrons. The number of rotatable bonds is 3. The van der Waals surface area contributed by atoms with Crippen molar-refractivity contribution >= 4 is 0 Å². The van der Waals surface area contributed by atoms with Gasteiger partial charge in [-0.25, -0.2) is 8.78 Å². The number of benzene rings is 3. The molecular formula is C24H14F5N. The summed E-state index contributed by atoms with van der Waals surface area (Å²) in [4.78, 5) is 4.17. The smallest absolute Gasteiger partial charge is 0.255 e. The summed E-state index contributed by atoms with van der Waals surface area (Å²) in [5, 5.41) is 0. The quantitative estimate of drug-likeness (QED) is 0.321. The molecule has 0 saturated heterocycles. The third-order valence-corrected chi connectivity index (χ3v) is 4.75. The third kappa shape index (κ3) is 3.94. The summed E-state index contributed by atoms with van der Waals surface area (Å²) in [6.07, 6.45) is -2.85. The number of hydrogen-bond donors (Lipinski definition) is 0. The molecule has 0 atom stereocenters. The standard InChI is InChI=1S/C24H14F5N/c25-20-2-1-3-21(26)23(20)22-13-10-18(14-30-22)17-6-4-15(5-7-17)16-8-11-19(12-9-16)24(27,28)29/h1-14H. The fourth-order valence-electron chi connectivity index (χ4n) is 3.16. The highest BCUT2D eigenvalue weighted by Crippen LogP contribution is 2.32. The normalized spacial score (nSPS) is 11.5. The largest absolute Gasteiger partial charge is 0.416 e. The van der Waals surface area contributed by atoms with Crippen molar-refractivity contribution in [3.63, 3.8) is 0 Å². The molecule has 3 aromatic carbocycles. The van der Waals surface area contributed by atoms with Gasteiger partial charge in [-0.3, -0.25) is 4.98 Å². The van der Waals surface area contributed by atoms with E-state index in [2.05, 4.69) is 4.98 Å². The number of nitrogens with zero attached hydrogens (tertiary/aromatic N) is 1. The van der Waals surface area contributed by atoms with Crippen LogP contribution < -0.4 is 0 Å². The Balaban J connectivity index is 1.57. The molecule has 0 aliphatic rings. The first kappa shape index (κ1) is 19.8. The predicted octanol–water partition coefficient (Wildman–Crippen LogP) is 7.38. The fraction of sp³-hybridized carbons (Fsp3) is 0.0417. The zero-order valence-electron chi connectivity index (χ0n) is 15.4. The van der Waals surface area contributed by atoms with Crippen LogP contribution in [0.1, 0.15) is 5.56 Å². The third-order valence-electron chi connectivity index (χ3n) is 4.75. The van der Waals surface area contributed by atoms with Crippen LogP contribution in [0, 0.1) is 11.6 Å². The lowest BCUT2D eigenvalue weighted by Crippen LogP contribution is -2.03. The topological polar surface area (TPSA) is 12.9 Å². The van der Waals surface area contributed by atoms with Gasteiger partial charge < -0.3 is 0 Å². The number of halogens is 5. The average molecular weight is 411 g/mol. The highest BCUT2D eigenvalue weighted by atomic mass is 19.4. The van der Waals surface area contributed by atoms with E-state index in [1.54, 1.807) is 24.3 Å². The van der Waals surface area contributed by atoms with Crippen LogP contribution in [0.2, 0.25) is 0 Å². The molecule has 0 unspecified atom stereocenters. The fourth-order valence-corrected chi connectivity index (χ4v) is 3.16. The van der Waals surface area contributed by atoms with Gasteiger partial charge in [0.15, 0.2) is 0 Å². The molecule has 0 amide bonds. The molecule has 0 spiro atoms. The second-order valence-corrected chi connectivity index (χ2v) is 6.68. The van der Waals surface area contributed by atoms with E-state index < -0.39 is 23.4 Å². The van der Waals surface area contributed by atoms with Gasteiger partial charge >= 0.3 is 6.18 Å². The lowest BCUT2D eigenvalue weighted by Gasteiger charge is -2.09. The molecule has 6 heteroatoms. The van der Waals surface area contributed by atoms with E-state index in [-0.39, 0.29) is 11.3 Å². The number of alkyl halides is 3. The average Bonchev–Trinajstić information content (AvgIpc) is 2.74. The summed E-state index contributed by atoms with van der Waals surface area (Å²) in [6.45, 7) is 0. The van der Waals surface area contributed by atoms with Crippen molar-refractivity contribution in [2.45, 2.75) is 6.18 Å². The van der Waals surface area contributed by atoms with E-state index in [0.717, 1.165) is 28.8 Å². The maximum atomic E-state index is 13.9. The Morgan fingerprint density at radius 1 is 0.567 bits per heavy atom. The molecule has 1 aromatic heterocycles. The van der Waals surface area contributed by atoms with Crippen LogP contribution in [0.25, 0.3) is 33.5 Å². The van der Waals surface area contributed by atoms with Crippen LogP contribution in [0.4, 0.5) is 22.0 Å². The summed E-state index contributed by atoms with van der Waals surface area (Å²) in [6, 6.07) is 19.1. The summed E-state index contributed by atoms with van der Waals surface area (Å²) in [5.41, 5.74) is 2.31. The van der Waals surface area contributed by atoms with Gasteiger partial charge in [0.2, 0.25) is 0 Å².